The minimum atomic E-state index is -0.378. The molecule has 1 aromatic heterocycles. The number of rotatable bonds is 6. The highest BCUT2D eigenvalue weighted by molar-refractivity contribution is 5.94. The van der Waals surface area contributed by atoms with Gasteiger partial charge in [0, 0.05) is 50.6 Å². The molecule has 28 heavy (non-hydrogen) atoms. The number of nitrogens with zero attached hydrogens (tertiary/aromatic N) is 2. The Hall–Kier alpha value is -2.51. The number of carbonyl (C=O) groups is 2. The molecule has 1 aliphatic heterocycles. The molecule has 0 saturated carbocycles. The van der Waals surface area contributed by atoms with Crippen LogP contribution >= 0.6 is 12.4 Å². The number of pyridine rings is 1. The first-order valence-corrected chi connectivity index (χ1v) is 9.09. The second-order valence-electron chi connectivity index (χ2n) is 6.46. The van der Waals surface area contributed by atoms with Gasteiger partial charge in [0.25, 0.3) is 5.91 Å². The van der Waals surface area contributed by atoms with Gasteiger partial charge in [-0.3, -0.25) is 14.6 Å². The molecule has 0 bridgehead atoms. The van der Waals surface area contributed by atoms with Crippen LogP contribution in [0.3, 0.4) is 0 Å². The summed E-state index contributed by atoms with van der Waals surface area (Å²) in [6.07, 6.45) is 4.42. The molecule has 1 atom stereocenters. The molecule has 2 N–H and O–H groups in total. The summed E-state index contributed by atoms with van der Waals surface area (Å²) in [4.78, 5) is 30.7. The second-order valence-corrected chi connectivity index (χ2v) is 6.46. The van der Waals surface area contributed by atoms with Gasteiger partial charge in [-0.25, -0.2) is 4.39 Å². The second kappa shape index (κ2) is 10.7. The molecule has 1 aliphatic rings. The molecule has 2 aromatic rings. The minimum Gasteiger partial charge on any atom is -0.352 e. The van der Waals surface area contributed by atoms with Gasteiger partial charge in [0.15, 0.2) is 0 Å². The van der Waals surface area contributed by atoms with E-state index in [9.17, 15) is 14.0 Å². The highest BCUT2D eigenvalue weighted by atomic mass is 35.5. The molecular weight excluding hydrogens is 383 g/mol. The van der Waals surface area contributed by atoms with Gasteiger partial charge in [0.1, 0.15) is 5.82 Å². The van der Waals surface area contributed by atoms with Gasteiger partial charge < -0.3 is 15.5 Å². The minimum absolute atomic E-state index is 0. The third-order valence-electron chi connectivity index (χ3n) is 4.59. The van der Waals surface area contributed by atoms with E-state index in [-0.39, 0.29) is 36.1 Å². The van der Waals surface area contributed by atoms with Crippen molar-refractivity contribution in [3.63, 3.8) is 0 Å². The van der Waals surface area contributed by atoms with Crippen molar-refractivity contribution in [1.29, 1.82) is 0 Å². The van der Waals surface area contributed by atoms with E-state index in [1.165, 1.54) is 24.3 Å². The van der Waals surface area contributed by atoms with Crippen molar-refractivity contribution in [2.75, 3.05) is 26.2 Å². The highest BCUT2D eigenvalue weighted by Gasteiger charge is 2.27. The Kier molecular flexibility index (Phi) is 8.35. The average molecular weight is 407 g/mol. The monoisotopic (exact) mass is 406 g/mol. The Morgan fingerprint density at radius 3 is 2.75 bits per heavy atom. The fraction of sp³-hybridized carbons (Fsp3) is 0.350. The Morgan fingerprint density at radius 2 is 2.04 bits per heavy atom. The molecule has 0 spiro atoms. The maximum absolute atomic E-state index is 12.9. The molecule has 1 fully saturated rings. The van der Waals surface area contributed by atoms with Crippen molar-refractivity contribution >= 4 is 24.2 Å². The topological polar surface area (TPSA) is 74.3 Å². The number of halogens is 2. The van der Waals surface area contributed by atoms with Gasteiger partial charge >= 0.3 is 0 Å². The van der Waals surface area contributed by atoms with E-state index >= 15 is 0 Å². The fourth-order valence-electron chi connectivity index (χ4n) is 3.16. The normalized spacial score (nSPS) is 16.2. The smallest absolute Gasteiger partial charge is 0.251 e. The number of amides is 2. The van der Waals surface area contributed by atoms with Crippen LogP contribution < -0.4 is 10.6 Å². The zero-order valence-corrected chi connectivity index (χ0v) is 16.3. The molecule has 1 unspecified atom stereocenters. The highest BCUT2D eigenvalue weighted by Crippen LogP contribution is 2.22. The van der Waals surface area contributed by atoms with E-state index < -0.39 is 0 Å². The van der Waals surface area contributed by atoms with Crippen LogP contribution in [-0.4, -0.2) is 47.9 Å². The van der Waals surface area contributed by atoms with Crippen LogP contribution in [0.5, 0.6) is 0 Å². The van der Waals surface area contributed by atoms with Gasteiger partial charge in [-0.15, -0.1) is 12.4 Å². The summed E-state index contributed by atoms with van der Waals surface area (Å²) in [5.41, 5.74) is 1.42. The third-order valence-corrected chi connectivity index (χ3v) is 4.59. The maximum atomic E-state index is 12.9. The number of benzene rings is 1. The van der Waals surface area contributed by atoms with Crippen molar-refractivity contribution in [1.82, 2.24) is 20.5 Å². The van der Waals surface area contributed by atoms with Crippen LogP contribution in [0.4, 0.5) is 4.39 Å². The molecular formula is C20H24ClFN4O2. The zero-order valence-electron chi connectivity index (χ0n) is 15.4. The van der Waals surface area contributed by atoms with Gasteiger partial charge in [0.2, 0.25) is 5.91 Å². The number of hydrogen-bond acceptors (Lipinski definition) is 4. The molecule has 150 valence electrons. The first-order chi connectivity index (χ1) is 13.1. The summed E-state index contributed by atoms with van der Waals surface area (Å²) in [6, 6.07) is 9.21. The average Bonchev–Trinajstić information content (AvgIpc) is 2.72. The van der Waals surface area contributed by atoms with Crippen LogP contribution in [-0.2, 0) is 4.79 Å². The van der Waals surface area contributed by atoms with Crippen molar-refractivity contribution in [3.05, 3.63) is 65.7 Å². The summed E-state index contributed by atoms with van der Waals surface area (Å²) in [5.74, 6) is -0.574. The van der Waals surface area contributed by atoms with Gasteiger partial charge in [-0.2, -0.15) is 0 Å². The van der Waals surface area contributed by atoms with Crippen LogP contribution in [0, 0.1) is 5.82 Å². The van der Waals surface area contributed by atoms with Gasteiger partial charge in [0.05, 0.1) is 6.04 Å². The van der Waals surface area contributed by atoms with E-state index in [1.807, 2.05) is 17.0 Å². The lowest BCUT2D eigenvalue weighted by atomic mass is 10.0. The van der Waals surface area contributed by atoms with E-state index in [0.717, 1.165) is 12.1 Å². The van der Waals surface area contributed by atoms with Crippen molar-refractivity contribution < 1.29 is 14.0 Å². The lowest BCUT2D eigenvalue weighted by Crippen LogP contribution is -2.48. The lowest BCUT2D eigenvalue weighted by Gasteiger charge is -2.36. The molecule has 1 aromatic carbocycles. The summed E-state index contributed by atoms with van der Waals surface area (Å²) in [5, 5.41) is 6.08. The van der Waals surface area contributed by atoms with Gasteiger partial charge in [-0.05, 0) is 42.3 Å². The molecule has 3 rings (SSSR count). The SMILES string of the molecule is Cl.O=C(NCCCC(=O)N1CCNCC1c1cccnc1)c1ccc(F)cc1. The van der Waals surface area contributed by atoms with Crippen LogP contribution in [0.25, 0.3) is 0 Å². The van der Waals surface area contributed by atoms with E-state index in [4.69, 9.17) is 0 Å². The first-order valence-electron chi connectivity index (χ1n) is 9.09. The number of nitrogens with one attached hydrogen (secondary N) is 2. The molecule has 0 aliphatic carbocycles. The summed E-state index contributed by atoms with van der Waals surface area (Å²) in [7, 11) is 0. The zero-order chi connectivity index (χ0) is 19.1. The number of carbonyl (C=O) groups excluding carboxylic acids is 2. The fourth-order valence-corrected chi connectivity index (χ4v) is 3.16. The van der Waals surface area contributed by atoms with Gasteiger partial charge in [-0.1, -0.05) is 6.07 Å². The summed E-state index contributed by atoms with van der Waals surface area (Å²) in [6.45, 7) is 2.52. The maximum Gasteiger partial charge on any atom is 0.251 e. The van der Waals surface area contributed by atoms with E-state index in [0.29, 0.717) is 38.0 Å². The predicted molar refractivity (Wildman–Crippen MR) is 107 cm³/mol. The molecule has 8 heteroatoms. The Balaban J connectivity index is 0.00000280. The van der Waals surface area contributed by atoms with Crippen LogP contribution in [0.2, 0.25) is 0 Å². The Labute approximate surface area is 169 Å². The van der Waals surface area contributed by atoms with Crippen molar-refractivity contribution in [2.45, 2.75) is 18.9 Å². The molecule has 1 saturated heterocycles. The molecule has 2 heterocycles. The standard InChI is InChI=1S/C20H23FN4O2.ClH/c21-17-7-5-15(6-8-17)20(27)24-10-2-4-19(26)25-12-11-23-14-18(25)16-3-1-9-22-13-16;/h1,3,5-9,13,18,23H,2,4,10-12,14H2,(H,24,27);1H. The summed E-state index contributed by atoms with van der Waals surface area (Å²) >= 11 is 0. The number of hydrogen-bond donors (Lipinski definition) is 2. The van der Waals surface area contributed by atoms with Crippen molar-refractivity contribution in [3.8, 4) is 0 Å². The van der Waals surface area contributed by atoms with E-state index in [2.05, 4.69) is 15.6 Å². The largest absolute Gasteiger partial charge is 0.352 e. The first kappa shape index (κ1) is 21.8. The third kappa shape index (κ3) is 5.74. The predicted octanol–water partition coefficient (Wildman–Crippen LogP) is 2.33. The van der Waals surface area contributed by atoms with Crippen molar-refractivity contribution in [2.24, 2.45) is 0 Å². The van der Waals surface area contributed by atoms with Crippen LogP contribution in [0.15, 0.2) is 48.8 Å². The molecule has 2 amide bonds. The summed E-state index contributed by atoms with van der Waals surface area (Å²) < 4.78 is 12.9. The van der Waals surface area contributed by atoms with Crippen LogP contribution in [0.1, 0.15) is 34.8 Å². The molecule has 6 nitrogen and oxygen atoms in total. The number of aromatic nitrogens is 1. The lowest BCUT2D eigenvalue weighted by molar-refractivity contribution is -0.134. The molecule has 0 radical (unpaired) electrons. The Morgan fingerprint density at radius 1 is 1.25 bits per heavy atom. The quantitative estimate of drug-likeness (QED) is 0.722. The number of piperazine rings is 1. The Bertz CT molecular complexity index is 774. The van der Waals surface area contributed by atoms with E-state index in [1.54, 1.807) is 12.4 Å².